The van der Waals surface area contributed by atoms with Gasteiger partial charge in [0.05, 0.1) is 41.1 Å². The van der Waals surface area contributed by atoms with Crippen molar-refractivity contribution in [3.63, 3.8) is 0 Å². The van der Waals surface area contributed by atoms with Crippen LogP contribution >= 0.6 is 0 Å². The van der Waals surface area contributed by atoms with Gasteiger partial charge in [-0.15, -0.1) is 0 Å². The minimum Gasteiger partial charge on any atom is -0.496 e. The number of amides is 1. The number of fused-ring (bicyclic) bond motifs is 1. The summed E-state index contributed by atoms with van der Waals surface area (Å²) >= 11 is 0. The summed E-state index contributed by atoms with van der Waals surface area (Å²) in [4.78, 5) is 28.7. The van der Waals surface area contributed by atoms with E-state index in [9.17, 15) is 14.7 Å². The summed E-state index contributed by atoms with van der Waals surface area (Å²) < 4.78 is 10.7. The molecule has 0 bridgehead atoms. The number of nitrogens with one attached hydrogen (secondary N) is 1. The molecule has 2 heterocycles. The number of hydrogen-bond acceptors (Lipinski definition) is 7. The highest BCUT2D eigenvalue weighted by Crippen LogP contribution is 2.34. The van der Waals surface area contributed by atoms with Crippen LogP contribution in [0.4, 0.5) is 5.69 Å². The van der Waals surface area contributed by atoms with Gasteiger partial charge in [0.15, 0.2) is 11.3 Å². The van der Waals surface area contributed by atoms with Crippen molar-refractivity contribution < 1.29 is 24.0 Å². The summed E-state index contributed by atoms with van der Waals surface area (Å²) in [6.45, 7) is 0. The molecule has 31 heavy (non-hydrogen) atoms. The Morgan fingerprint density at radius 1 is 1.19 bits per heavy atom. The molecule has 9 nitrogen and oxygen atoms in total. The molecule has 2 aromatic carbocycles. The maximum absolute atomic E-state index is 12.9. The predicted octanol–water partition coefficient (Wildman–Crippen LogP) is 3.72. The van der Waals surface area contributed by atoms with Crippen LogP contribution in [0.2, 0.25) is 0 Å². The molecule has 0 spiro atoms. The van der Waals surface area contributed by atoms with Crippen molar-refractivity contribution in [2.45, 2.75) is 0 Å². The SMILES string of the molecule is COc1cc2onc(C(=O)Nc3ccc(C#N)cc3C(=O)O)c2cc1-c1ccccn1. The van der Waals surface area contributed by atoms with Gasteiger partial charge < -0.3 is 19.7 Å². The van der Waals surface area contributed by atoms with Gasteiger partial charge in [-0.1, -0.05) is 11.2 Å². The molecule has 0 saturated heterocycles. The Labute approximate surface area is 175 Å². The summed E-state index contributed by atoms with van der Waals surface area (Å²) in [7, 11) is 1.51. The molecule has 152 valence electrons. The van der Waals surface area contributed by atoms with Crippen LogP contribution in [0.25, 0.3) is 22.2 Å². The number of carboxylic acid groups (broad SMARTS) is 1. The molecule has 0 fully saturated rings. The van der Waals surface area contributed by atoms with Crippen LogP contribution in [0.3, 0.4) is 0 Å². The quantitative estimate of drug-likeness (QED) is 0.504. The minimum atomic E-state index is -1.28. The summed E-state index contributed by atoms with van der Waals surface area (Å²) in [5.41, 5.74) is 1.54. The van der Waals surface area contributed by atoms with E-state index >= 15 is 0 Å². The number of carbonyl (C=O) groups excluding carboxylic acids is 1. The Morgan fingerprint density at radius 3 is 2.71 bits per heavy atom. The van der Waals surface area contributed by atoms with E-state index in [4.69, 9.17) is 14.5 Å². The van der Waals surface area contributed by atoms with Crippen molar-refractivity contribution >= 4 is 28.5 Å². The van der Waals surface area contributed by atoms with Crippen LogP contribution in [-0.2, 0) is 0 Å². The average Bonchev–Trinajstić information content (AvgIpc) is 3.21. The summed E-state index contributed by atoms with van der Waals surface area (Å²) in [6, 6.07) is 14.5. The van der Waals surface area contributed by atoms with Crippen molar-refractivity contribution in [2.24, 2.45) is 0 Å². The lowest BCUT2D eigenvalue weighted by Gasteiger charge is -2.09. The van der Waals surface area contributed by atoms with Gasteiger partial charge in [0.1, 0.15) is 5.75 Å². The van der Waals surface area contributed by atoms with E-state index in [-0.39, 0.29) is 22.5 Å². The molecule has 0 unspecified atom stereocenters. The highest BCUT2D eigenvalue weighted by atomic mass is 16.5. The molecule has 0 aliphatic rings. The number of carbonyl (C=O) groups is 2. The molecule has 4 rings (SSSR count). The Hall–Kier alpha value is -4.71. The fraction of sp³-hybridized carbons (Fsp3) is 0.0455. The van der Waals surface area contributed by atoms with Crippen LogP contribution < -0.4 is 10.1 Å². The highest BCUT2D eigenvalue weighted by Gasteiger charge is 2.22. The lowest BCUT2D eigenvalue weighted by molar-refractivity contribution is 0.0698. The van der Waals surface area contributed by atoms with Gasteiger partial charge in [-0.3, -0.25) is 9.78 Å². The molecule has 0 atom stereocenters. The van der Waals surface area contributed by atoms with E-state index in [1.54, 1.807) is 30.5 Å². The first-order valence-corrected chi connectivity index (χ1v) is 8.99. The second-order valence-electron chi connectivity index (χ2n) is 6.43. The largest absolute Gasteiger partial charge is 0.496 e. The monoisotopic (exact) mass is 414 g/mol. The number of carboxylic acids is 1. The van der Waals surface area contributed by atoms with Crippen molar-refractivity contribution in [1.29, 1.82) is 5.26 Å². The summed E-state index contributed by atoms with van der Waals surface area (Å²) in [5, 5.41) is 25.2. The Balaban J connectivity index is 1.76. The van der Waals surface area contributed by atoms with Gasteiger partial charge >= 0.3 is 5.97 Å². The van der Waals surface area contributed by atoms with Gasteiger partial charge in [0.25, 0.3) is 5.91 Å². The van der Waals surface area contributed by atoms with Crippen molar-refractivity contribution in [1.82, 2.24) is 10.1 Å². The number of pyridine rings is 1. The number of benzene rings is 2. The fourth-order valence-corrected chi connectivity index (χ4v) is 3.10. The predicted molar refractivity (Wildman–Crippen MR) is 110 cm³/mol. The number of nitriles is 1. The topological polar surface area (TPSA) is 138 Å². The van der Waals surface area contributed by atoms with E-state index in [0.29, 0.717) is 28.0 Å². The molecule has 0 aliphatic carbocycles. The van der Waals surface area contributed by atoms with Crippen LogP contribution in [0.5, 0.6) is 5.75 Å². The first-order chi connectivity index (χ1) is 15.0. The standard InChI is InChI=1S/C22H14N4O5/c1-30-18-10-19-15(9-13(18)16-4-2-3-7-24-16)20(26-31-19)21(27)25-17-6-5-12(11-23)8-14(17)22(28)29/h2-10H,1H3,(H,25,27)(H,28,29). The van der Waals surface area contributed by atoms with E-state index < -0.39 is 11.9 Å². The first-order valence-electron chi connectivity index (χ1n) is 8.99. The third kappa shape index (κ3) is 3.65. The second-order valence-corrected chi connectivity index (χ2v) is 6.43. The molecule has 0 saturated carbocycles. The minimum absolute atomic E-state index is 0.0319. The Bertz CT molecular complexity index is 1360. The van der Waals surface area contributed by atoms with Gasteiger partial charge in [0, 0.05) is 17.8 Å². The van der Waals surface area contributed by atoms with Gasteiger partial charge in [-0.2, -0.15) is 5.26 Å². The number of hydrogen-bond donors (Lipinski definition) is 2. The van der Waals surface area contributed by atoms with E-state index in [2.05, 4.69) is 15.5 Å². The number of aromatic nitrogens is 2. The van der Waals surface area contributed by atoms with Crippen molar-refractivity contribution in [2.75, 3.05) is 12.4 Å². The molecule has 0 aliphatic heterocycles. The Kier molecular flexibility index (Phi) is 5.03. The van der Waals surface area contributed by atoms with Crippen LogP contribution in [0.15, 0.2) is 59.3 Å². The molecule has 0 radical (unpaired) electrons. The zero-order valence-electron chi connectivity index (χ0n) is 16.1. The zero-order valence-corrected chi connectivity index (χ0v) is 16.1. The van der Waals surface area contributed by atoms with Crippen molar-refractivity contribution in [3.8, 4) is 23.1 Å². The maximum Gasteiger partial charge on any atom is 0.337 e. The molecule has 9 heteroatoms. The zero-order chi connectivity index (χ0) is 22.0. The van der Waals surface area contributed by atoms with E-state index in [0.717, 1.165) is 0 Å². The number of ether oxygens (including phenoxy) is 1. The summed E-state index contributed by atoms with van der Waals surface area (Å²) in [5.74, 6) is -1.45. The van der Waals surface area contributed by atoms with Crippen LogP contribution in [0.1, 0.15) is 26.4 Å². The van der Waals surface area contributed by atoms with Gasteiger partial charge in [-0.25, -0.2) is 4.79 Å². The normalized spacial score (nSPS) is 10.5. The van der Waals surface area contributed by atoms with Gasteiger partial charge in [-0.05, 0) is 36.4 Å². The third-order valence-corrected chi connectivity index (χ3v) is 4.58. The first kappa shape index (κ1) is 19.6. The second kappa shape index (κ2) is 7.96. The van der Waals surface area contributed by atoms with Crippen molar-refractivity contribution in [3.05, 3.63) is 71.5 Å². The van der Waals surface area contributed by atoms with Crippen LogP contribution in [-0.4, -0.2) is 34.2 Å². The number of anilines is 1. The number of aromatic carboxylic acids is 1. The number of methoxy groups -OCH3 is 1. The van der Waals surface area contributed by atoms with E-state index in [1.807, 2.05) is 12.1 Å². The van der Waals surface area contributed by atoms with E-state index in [1.165, 1.54) is 25.3 Å². The lowest BCUT2D eigenvalue weighted by Crippen LogP contribution is -2.15. The number of nitrogens with zero attached hydrogens (tertiary/aromatic N) is 3. The molecule has 2 N–H and O–H groups in total. The highest BCUT2D eigenvalue weighted by molar-refractivity contribution is 6.13. The lowest BCUT2D eigenvalue weighted by atomic mass is 10.1. The average molecular weight is 414 g/mol. The van der Waals surface area contributed by atoms with Crippen LogP contribution in [0, 0.1) is 11.3 Å². The smallest absolute Gasteiger partial charge is 0.337 e. The number of rotatable bonds is 5. The Morgan fingerprint density at radius 2 is 2.03 bits per heavy atom. The summed E-state index contributed by atoms with van der Waals surface area (Å²) in [6.07, 6.45) is 1.64. The fourth-order valence-electron chi connectivity index (χ4n) is 3.10. The molecular weight excluding hydrogens is 400 g/mol. The molecule has 1 amide bonds. The maximum atomic E-state index is 12.9. The molecule has 2 aromatic heterocycles. The third-order valence-electron chi connectivity index (χ3n) is 4.58. The molecule has 4 aromatic rings. The molecular formula is C22H14N4O5. The van der Waals surface area contributed by atoms with Gasteiger partial charge in [0.2, 0.25) is 0 Å².